The molecule has 0 saturated heterocycles. The van der Waals surface area contributed by atoms with Crippen LogP contribution in [-0.2, 0) is 10.0 Å². The van der Waals surface area contributed by atoms with Crippen LogP contribution < -0.4 is 0 Å². The SMILES string of the molecule is CCN([C@@H](C(=O)c1ccc(Cl)cc1)[C@H](Br)c1ccccc1)S(=O)(=O)c1ccc(C)cc1. The van der Waals surface area contributed by atoms with E-state index in [1.165, 1.54) is 4.31 Å². The molecule has 162 valence electrons. The smallest absolute Gasteiger partial charge is 0.243 e. The van der Waals surface area contributed by atoms with Crippen molar-refractivity contribution in [3.8, 4) is 0 Å². The van der Waals surface area contributed by atoms with Gasteiger partial charge in [-0.15, -0.1) is 0 Å². The highest BCUT2D eigenvalue weighted by atomic mass is 79.9. The Kier molecular flexibility index (Phi) is 7.70. The van der Waals surface area contributed by atoms with Crippen molar-refractivity contribution >= 4 is 43.3 Å². The molecule has 0 unspecified atom stereocenters. The second kappa shape index (κ2) is 10.1. The molecule has 0 aliphatic heterocycles. The lowest BCUT2D eigenvalue weighted by Crippen LogP contribution is -2.47. The number of sulfonamides is 1. The number of halogens is 2. The van der Waals surface area contributed by atoms with Gasteiger partial charge in [0.2, 0.25) is 10.0 Å². The first-order valence-electron chi connectivity index (χ1n) is 9.83. The minimum Gasteiger partial charge on any atom is -0.292 e. The third-order valence-electron chi connectivity index (χ3n) is 5.04. The normalized spacial score (nSPS) is 13.7. The lowest BCUT2D eigenvalue weighted by atomic mass is 9.97. The number of likely N-dealkylation sites (N-methyl/N-ethyl adjacent to an activating group) is 1. The zero-order valence-corrected chi connectivity index (χ0v) is 20.4. The summed E-state index contributed by atoms with van der Waals surface area (Å²) in [7, 11) is -3.92. The van der Waals surface area contributed by atoms with Gasteiger partial charge in [0.05, 0.1) is 9.72 Å². The third kappa shape index (κ3) is 5.26. The van der Waals surface area contributed by atoms with Crippen molar-refractivity contribution in [2.45, 2.75) is 29.6 Å². The molecule has 3 rings (SSSR count). The standard InChI is InChI=1S/C24H23BrClNO3S/c1-3-27(31(29,30)21-15-9-17(2)10-16-21)23(22(25)18-7-5-4-6-8-18)24(28)19-11-13-20(26)14-12-19/h4-16,22-23H,3H2,1-2H3/t22-,23-/m1/s1. The number of carbonyl (C=O) groups excluding carboxylic acids is 1. The molecule has 0 bridgehead atoms. The van der Waals surface area contributed by atoms with Crippen LogP contribution in [0, 0.1) is 6.92 Å². The van der Waals surface area contributed by atoms with E-state index in [1.54, 1.807) is 55.5 Å². The number of Topliss-reactive ketones (excluding diaryl/α,β-unsaturated/α-hetero) is 1. The molecule has 0 spiro atoms. The van der Waals surface area contributed by atoms with Crippen molar-refractivity contribution < 1.29 is 13.2 Å². The molecule has 0 aromatic heterocycles. The minimum atomic E-state index is -3.92. The van der Waals surface area contributed by atoms with E-state index in [0.717, 1.165) is 11.1 Å². The molecule has 3 aromatic carbocycles. The van der Waals surface area contributed by atoms with E-state index in [0.29, 0.717) is 10.6 Å². The summed E-state index contributed by atoms with van der Waals surface area (Å²) >= 11 is 9.61. The number of aryl methyl sites for hydroxylation is 1. The molecule has 0 radical (unpaired) electrons. The second-order valence-corrected chi connectivity index (χ2v) is 10.5. The van der Waals surface area contributed by atoms with Crippen molar-refractivity contribution in [1.82, 2.24) is 4.31 Å². The van der Waals surface area contributed by atoms with Gasteiger partial charge in [-0.1, -0.05) is 82.5 Å². The van der Waals surface area contributed by atoms with Crippen LogP contribution in [0.4, 0.5) is 0 Å². The number of alkyl halides is 1. The molecule has 3 aromatic rings. The van der Waals surface area contributed by atoms with Gasteiger partial charge >= 0.3 is 0 Å². The molecular formula is C24H23BrClNO3S. The van der Waals surface area contributed by atoms with E-state index in [9.17, 15) is 13.2 Å². The van der Waals surface area contributed by atoms with E-state index in [-0.39, 0.29) is 17.2 Å². The van der Waals surface area contributed by atoms with E-state index >= 15 is 0 Å². The summed E-state index contributed by atoms with van der Waals surface area (Å²) in [5.74, 6) is -0.306. The molecule has 0 aliphatic rings. The Bertz CT molecular complexity index is 1130. The van der Waals surface area contributed by atoms with Crippen molar-refractivity contribution in [1.29, 1.82) is 0 Å². The Labute approximate surface area is 197 Å². The number of carbonyl (C=O) groups is 1. The van der Waals surface area contributed by atoms with Crippen LogP contribution in [0.15, 0.2) is 83.8 Å². The fourth-order valence-electron chi connectivity index (χ4n) is 3.38. The van der Waals surface area contributed by atoms with E-state index in [4.69, 9.17) is 11.6 Å². The van der Waals surface area contributed by atoms with Gasteiger partial charge in [0.25, 0.3) is 0 Å². The summed E-state index contributed by atoms with van der Waals surface area (Å²) < 4.78 is 28.4. The van der Waals surface area contributed by atoms with Gasteiger partial charge in [-0.25, -0.2) is 8.42 Å². The van der Waals surface area contributed by atoms with E-state index in [2.05, 4.69) is 15.9 Å². The summed E-state index contributed by atoms with van der Waals surface area (Å²) in [6, 6.07) is 21.5. The molecular weight excluding hydrogens is 498 g/mol. The Morgan fingerprint density at radius 1 is 0.968 bits per heavy atom. The van der Waals surface area contributed by atoms with Crippen LogP contribution in [-0.4, -0.2) is 31.1 Å². The molecule has 4 nitrogen and oxygen atoms in total. The highest BCUT2D eigenvalue weighted by Gasteiger charge is 2.40. The van der Waals surface area contributed by atoms with Gasteiger partial charge in [0.15, 0.2) is 5.78 Å². The lowest BCUT2D eigenvalue weighted by molar-refractivity contribution is 0.0896. The summed E-state index contributed by atoms with van der Waals surface area (Å²) in [4.78, 5) is 13.2. The van der Waals surface area contributed by atoms with Crippen molar-refractivity contribution in [3.05, 3.63) is 101 Å². The molecule has 31 heavy (non-hydrogen) atoms. The topological polar surface area (TPSA) is 54.5 Å². The van der Waals surface area contributed by atoms with Crippen LogP contribution in [0.1, 0.15) is 33.2 Å². The number of hydrogen-bond acceptors (Lipinski definition) is 3. The highest BCUT2D eigenvalue weighted by Crippen LogP contribution is 2.35. The highest BCUT2D eigenvalue weighted by molar-refractivity contribution is 9.09. The average Bonchev–Trinajstić information content (AvgIpc) is 2.77. The van der Waals surface area contributed by atoms with Crippen molar-refractivity contribution in [2.75, 3.05) is 6.54 Å². The fraction of sp³-hybridized carbons (Fsp3) is 0.208. The van der Waals surface area contributed by atoms with E-state index < -0.39 is 20.9 Å². The second-order valence-electron chi connectivity index (χ2n) is 7.15. The maximum Gasteiger partial charge on any atom is 0.243 e. The number of benzene rings is 3. The summed E-state index contributed by atoms with van der Waals surface area (Å²) in [5, 5.41) is 0.506. The summed E-state index contributed by atoms with van der Waals surface area (Å²) in [6.07, 6.45) is 0. The first-order valence-corrected chi connectivity index (χ1v) is 12.6. The predicted octanol–water partition coefficient (Wildman–Crippen LogP) is 6.05. The maximum absolute atomic E-state index is 13.6. The molecule has 2 atom stereocenters. The number of nitrogens with zero attached hydrogens (tertiary/aromatic N) is 1. The molecule has 0 aliphatic carbocycles. The van der Waals surface area contributed by atoms with Gasteiger partial charge in [-0.3, -0.25) is 4.79 Å². The summed E-state index contributed by atoms with van der Waals surface area (Å²) in [6.45, 7) is 3.76. The van der Waals surface area contributed by atoms with Crippen molar-refractivity contribution in [3.63, 3.8) is 0 Å². The zero-order valence-electron chi connectivity index (χ0n) is 17.2. The lowest BCUT2D eigenvalue weighted by Gasteiger charge is -2.32. The molecule has 0 saturated carbocycles. The van der Waals surface area contributed by atoms with Crippen molar-refractivity contribution in [2.24, 2.45) is 0 Å². The van der Waals surface area contributed by atoms with Gasteiger partial charge in [0.1, 0.15) is 6.04 Å². The molecule has 0 fully saturated rings. The molecule has 0 heterocycles. The summed E-state index contributed by atoms with van der Waals surface area (Å²) in [5.41, 5.74) is 2.16. The fourth-order valence-corrected chi connectivity index (χ4v) is 6.10. The van der Waals surface area contributed by atoms with Crippen LogP contribution in [0.2, 0.25) is 5.02 Å². The quantitative estimate of drug-likeness (QED) is 0.268. The zero-order chi connectivity index (χ0) is 22.6. The largest absolute Gasteiger partial charge is 0.292 e. The molecule has 0 amide bonds. The van der Waals surface area contributed by atoms with Gasteiger partial charge in [-0.2, -0.15) is 4.31 Å². The molecule has 0 N–H and O–H groups in total. The number of rotatable bonds is 8. The minimum absolute atomic E-state index is 0.134. The monoisotopic (exact) mass is 519 g/mol. The third-order valence-corrected chi connectivity index (χ3v) is 8.29. The Hall–Kier alpha value is -1.99. The van der Waals surface area contributed by atoms with Gasteiger partial charge in [0, 0.05) is 17.1 Å². The first-order chi connectivity index (χ1) is 14.8. The predicted molar refractivity (Wildman–Crippen MR) is 128 cm³/mol. The number of hydrogen-bond donors (Lipinski definition) is 0. The molecule has 7 heteroatoms. The average molecular weight is 521 g/mol. The van der Waals surface area contributed by atoms with Crippen LogP contribution >= 0.6 is 27.5 Å². The van der Waals surface area contributed by atoms with Gasteiger partial charge in [-0.05, 0) is 48.9 Å². The van der Waals surface area contributed by atoms with Crippen LogP contribution in [0.25, 0.3) is 0 Å². The van der Waals surface area contributed by atoms with Crippen LogP contribution in [0.3, 0.4) is 0 Å². The van der Waals surface area contributed by atoms with Gasteiger partial charge < -0.3 is 0 Å². The van der Waals surface area contributed by atoms with E-state index in [1.807, 2.05) is 37.3 Å². The Balaban J connectivity index is 2.12. The Morgan fingerprint density at radius 3 is 2.10 bits per heavy atom. The van der Waals surface area contributed by atoms with Crippen LogP contribution in [0.5, 0.6) is 0 Å². The first kappa shape index (κ1) is 23.7. The number of ketones is 1. The maximum atomic E-state index is 13.6. The Morgan fingerprint density at radius 2 is 1.55 bits per heavy atom.